The topological polar surface area (TPSA) is 56.0 Å². The molecule has 1 heterocycles. The average molecular weight is 258 g/mol. The second-order valence-corrected chi connectivity index (χ2v) is 3.55. The predicted octanol–water partition coefficient (Wildman–Crippen LogP) is 3.49. The lowest BCUT2D eigenvalue weighted by atomic mass is 10.0. The van der Waals surface area contributed by atoms with Gasteiger partial charge < -0.3 is 5.73 Å². The molecule has 3 heteroatoms. The van der Waals surface area contributed by atoms with Gasteiger partial charge in [0.25, 0.3) is 0 Å². The number of aromatic nitrogens is 1. The summed E-state index contributed by atoms with van der Waals surface area (Å²) in [5, 5.41) is 0. The van der Waals surface area contributed by atoms with Crippen LogP contribution in [0.25, 0.3) is 0 Å². The molecule has 0 atom stereocenters. The van der Waals surface area contributed by atoms with Gasteiger partial charge in [-0.2, -0.15) is 0 Å². The second-order valence-electron chi connectivity index (χ2n) is 3.55. The summed E-state index contributed by atoms with van der Waals surface area (Å²) < 4.78 is 0. The number of pyridine rings is 1. The van der Waals surface area contributed by atoms with Gasteiger partial charge >= 0.3 is 0 Å². The third-order valence-corrected chi connectivity index (χ3v) is 2.18. The summed E-state index contributed by atoms with van der Waals surface area (Å²) in [7, 11) is 0. The summed E-state index contributed by atoms with van der Waals surface area (Å²) in [5.74, 6) is 0.462. The highest BCUT2D eigenvalue weighted by atomic mass is 16.1. The van der Waals surface area contributed by atoms with Crippen LogP contribution in [0.5, 0.6) is 0 Å². The third kappa shape index (κ3) is 6.36. The van der Waals surface area contributed by atoms with E-state index in [4.69, 9.17) is 5.73 Å². The molecule has 3 nitrogen and oxygen atoms in total. The fourth-order valence-electron chi connectivity index (χ4n) is 1.44. The fraction of sp³-hybridized carbons (Fsp3) is 0.250. The van der Waals surface area contributed by atoms with Crippen LogP contribution in [0.3, 0.4) is 0 Å². The van der Waals surface area contributed by atoms with E-state index in [-0.39, 0.29) is 5.78 Å². The molecule has 0 aliphatic rings. The number of anilines is 1. The highest BCUT2D eigenvalue weighted by Crippen LogP contribution is 2.09. The van der Waals surface area contributed by atoms with E-state index in [2.05, 4.69) is 11.6 Å². The van der Waals surface area contributed by atoms with Crippen molar-refractivity contribution in [2.24, 2.45) is 0 Å². The van der Waals surface area contributed by atoms with Crippen LogP contribution in [-0.2, 0) is 11.2 Å². The zero-order valence-electron chi connectivity index (χ0n) is 11.9. The lowest BCUT2D eigenvalue weighted by molar-refractivity contribution is -0.114. The number of nitrogen functional groups attached to an aromatic ring is 1. The van der Waals surface area contributed by atoms with Gasteiger partial charge in [0, 0.05) is 18.2 Å². The normalized spacial score (nSPS) is 10.8. The quantitative estimate of drug-likeness (QED) is 0.649. The SMILES string of the molecule is C=C/C=C(\C=C/C)C(=O)Cc1ccnc(N)c1.CC. The Hall–Kier alpha value is -2.16. The van der Waals surface area contributed by atoms with Crippen molar-refractivity contribution < 1.29 is 4.79 Å². The van der Waals surface area contributed by atoms with E-state index < -0.39 is 0 Å². The van der Waals surface area contributed by atoms with Crippen molar-refractivity contribution in [3.63, 3.8) is 0 Å². The standard InChI is InChI=1S/C14H16N2O.C2H6/c1-3-5-12(6-4-2)13(17)9-11-7-8-16-14(15)10-11;1-2/h3-8,10H,1,9H2,2H3,(H2,15,16);1-2H3/b6-4-,12-5+;. The molecule has 0 unspecified atom stereocenters. The minimum Gasteiger partial charge on any atom is -0.384 e. The van der Waals surface area contributed by atoms with Crippen molar-refractivity contribution in [3.8, 4) is 0 Å². The number of hydrogen-bond acceptors (Lipinski definition) is 3. The molecule has 19 heavy (non-hydrogen) atoms. The zero-order chi connectivity index (χ0) is 14.7. The zero-order valence-corrected chi connectivity index (χ0v) is 11.9. The van der Waals surface area contributed by atoms with Gasteiger partial charge in [-0.3, -0.25) is 4.79 Å². The number of hydrogen-bond donors (Lipinski definition) is 1. The Kier molecular flexibility index (Phi) is 8.71. The number of nitrogens with zero attached hydrogens (tertiary/aromatic N) is 1. The predicted molar refractivity (Wildman–Crippen MR) is 81.8 cm³/mol. The molecule has 0 spiro atoms. The van der Waals surface area contributed by atoms with Gasteiger partial charge in [0.1, 0.15) is 5.82 Å². The molecule has 0 aromatic carbocycles. The Balaban J connectivity index is 0.00000154. The van der Waals surface area contributed by atoms with Gasteiger partial charge in [-0.25, -0.2) is 4.98 Å². The molecule has 0 aliphatic carbocycles. The van der Waals surface area contributed by atoms with Gasteiger partial charge in [-0.05, 0) is 24.6 Å². The fourth-order valence-corrected chi connectivity index (χ4v) is 1.44. The van der Waals surface area contributed by atoms with Crippen LogP contribution in [0.4, 0.5) is 5.82 Å². The molecule has 0 aliphatic heterocycles. The second kappa shape index (κ2) is 9.83. The first-order valence-electron chi connectivity index (χ1n) is 6.36. The molecule has 1 aromatic rings. The largest absolute Gasteiger partial charge is 0.384 e. The van der Waals surface area contributed by atoms with Crippen molar-refractivity contribution in [3.05, 3.63) is 60.3 Å². The maximum atomic E-state index is 12.0. The molecule has 102 valence electrons. The van der Waals surface area contributed by atoms with E-state index >= 15 is 0 Å². The summed E-state index contributed by atoms with van der Waals surface area (Å²) in [5.41, 5.74) is 7.06. The highest BCUT2D eigenvalue weighted by molar-refractivity contribution is 5.99. The monoisotopic (exact) mass is 258 g/mol. The first kappa shape index (κ1) is 16.8. The smallest absolute Gasteiger partial charge is 0.167 e. The van der Waals surface area contributed by atoms with E-state index in [1.54, 1.807) is 36.6 Å². The Bertz CT molecular complexity index is 473. The summed E-state index contributed by atoms with van der Waals surface area (Å²) in [6, 6.07) is 3.49. The van der Waals surface area contributed by atoms with Crippen molar-refractivity contribution in [2.75, 3.05) is 5.73 Å². The first-order chi connectivity index (χ1) is 9.17. The van der Waals surface area contributed by atoms with Crippen molar-refractivity contribution in [1.82, 2.24) is 4.98 Å². The molecule has 0 fully saturated rings. The van der Waals surface area contributed by atoms with Crippen LogP contribution in [0.1, 0.15) is 26.3 Å². The molecule has 0 bridgehead atoms. The van der Waals surface area contributed by atoms with Gasteiger partial charge in [0.15, 0.2) is 5.78 Å². The summed E-state index contributed by atoms with van der Waals surface area (Å²) in [6.45, 7) is 9.46. The van der Waals surface area contributed by atoms with Crippen LogP contribution in [0.2, 0.25) is 0 Å². The number of allylic oxidation sites excluding steroid dienone is 5. The Morgan fingerprint density at radius 1 is 1.47 bits per heavy atom. The van der Waals surface area contributed by atoms with Gasteiger partial charge in [0.05, 0.1) is 0 Å². The summed E-state index contributed by atoms with van der Waals surface area (Å²) in [4.78, 5) is 15.9. The molecule has 0 saturated carbocycles. The van der Waals surface area contributed by atoms with Crippen LogP contribution >= 0.6 is 0 Å². The molecule has 0 radical (unpaired) electrons. The molecule has 0 saturated heterocycles. The highest BCUT2D eigenvalue weighted by Gasteiger charge is 2.07. The van der Waals surface area contributed by atoms with Crippen molar-refractivity contribution in [1.29, 1.82) is 0 Å². The van der Waals surface area contributed by atoms with Crippen LogP contribution in [0.15, 0.2) is 54.8 Å². The van der Waals surface area contributed by atoms with Crippen LogP contribution in [-0.4, -0.2) is 10.8 Å². The van der Waals surface area contributed by atoms with Crippen LogP contribution < -0.4 is 5.73 Å². The molecule has 1 rings (SSSR count). The Morgan fingerprint density at radius 3 is 2.68 bits per heavy atom. The number of rotatable bonds is 5. The minimum absolute atomic E-state index is 0.0357. The number of carbonyl (C=O) groups excluding carboxylic acids is 1. The third-order valence-electron chi connectivity index (χ3n) is 2.18. The van der Waals surface area contributed by atoms with Gasteiger partial charge in [-0.1, -0.05) is 44.7 Å². The van der Waals surface area contributed by atoms with E-state index in [1.807, 2.05) is 26.8 Å². The van der Waals surface area contributed by atoms with Crippen molar-refractivity contribution in [2.45, 2.75) is 27.2 Å². The van der Waals surface area contributed by atoms with E-state index in [0.717, 1.165) is 5.56 Å². The molecule has 1 aromatic heterocycles. The number of Topliss-reactive ketones (excluding diaryl/α,β-unsaturated/α-hetero) is 1. The molecule has 2 N–H and O–H groups in total. The van der Waals surface area contributed by atoms with Gasteiger partial charge in [0.2, 0.25) is 0 Å². The molecular formula is C16H22N2O. The maximum absolute atomic E-state index is 12.0. The number of carbonyl (C=O) groups is 1. The lowest BCUT2D eigenvalue weighted by Crippen LogP contribution is -2.05. The Labute approximate surface area is 115 Å². The lowest BCUT2D eigenvalue weighted by Gasteiger charge is -2.02. The van der Waals surface area contributed by atoms with Gasteiger partial charge in [-0.15, -0.1) is 0 Å². The summed E-state index contributed by atoms with van der Waals surface area (Å²) >= 11 is 0. The minimum atomic E-state index is 0.0357. The Morgan fingerprint density at radius 2 is 2.16 bits per heavy atom. The first-order valence-corrected chi connectivity index (χ1v) is 6.36. The average Bonchev–Trinajstić information content (AvgIpc) is 2.41. The van der Waals surface area contributed by atoms with E-state index in [1.165, 1.54) is 0 Å². The summed E-state index contributed by atoms with van der Waals surface area (Å²) in [6.07, 6.45) is 8.82. The van der Waals surface area contributed by atoms with E-state index in [0.29, 0.717) is 17.8 Å². The van der Waals surface area contributed by atoms with Crippen molar-refractivity contribution >= 4 is 11.6 Å². The number of ketones is 1. The number of nitrogens with two attached hydrogens (primary N) is 1. The molecule has 0 amide bonds. The molecular weight excluding hydrogens is 236 g/mol. The van der Waals surface area contributed by atoms with E-state index in [9.17, 15) is 4.79 Å². The maximum Gasteiger partial charge on any atom is 0.167 e. The van der Waals surface area contributed by atoms with Crippen LogP contribution in [0, 0.1) is 0 Å².